The molecule has 1 heteroatoms. The van der Waals surface area contributed by atoms with E-state index in [-0.39, 0.29) is 0 Å². The fourth-order valence-corrected chi connectivity index (χ4v) is 2.65. The zero-order valence-corrected chi connectivity index (χ0v) is 12.3. The lowest BCUT2D eigenvalue weighted by molar-refractivity contribution is 0.614. The third kappa shape index (κ3) is 4.13. The Bertz CT molecular complexity index is 313. The van der Waals surface area contributed by atoms with Gasteiger partial charge in [-0.25, -0.2) is 0 Å². The summed E-state index contributed by atoms with van der Waals surface area (Å²) in [7, 11) is 0. The number of hydrogen-bond acceptors (Lipinski definition) is 0. The Morgan fingerprint density at radius 3 is 2.13 bits per heavy atom. The molecule has 84 valence electrons. The zero-order valence-electron chi connectivity index (χ0n) is 10.2. The molecule has 0 amide bonds. The fourth-order valence-electron chi connectivity index (χ4n) is 1.87. The highest BCUT2D eigenvalue weighted by Crippen LogP contribution is 2.22. The molecule has 0 bridgehead atoms. The SMILES string of the molecule is CC(C)Cc1cccc(I)c1CC(C)C. The lowest BCUT2D eigenvalue weighted by Crippen LogP contribution is -2.04. The molecule has 0 atom stereocenters. The highest BCUT2D eigenvalue weighted by Gasteiger charge is 2.09. The first-order valence-electron chi connectivity index (χ1n) is 5.77. The van der Waals surface area contributed by atoms with E-state index in [2.05, 4.69) is 68.5 Å². The van der Waals surface area contributed by atoms with Crippen molar-refractivity contribution in [1.82, 2.24) is 0 Å². The van der Waals surface area contributed by atoms with Crippen molar-refractivity contribution in [2.24, 2.45) is 11.8 Å². The van der Waals surface area contributed by atoms with Gasteiger partial charge in [0.15, 0.2) is 0 Å². The van der Waals surface area contributed by atoms with E-state index < -0.39 is 0 Å². The van der Waals surface area contributed by atoms with E-state index in [9.17, 15) is 0 Å². The van der Waals surface area contributed by atoms with Crippen LogP contribution >= 0.6 is 22.6 Å². The predicted octanol–water partition coefficient (Wildman–Crippen LogP) is 4.69. The van der Waals surface area contributed by atoms with Crippen LogP contribution in [-0.2, 0) is 12.8 Å². The molecule has 1 aromatic rings. The molecule has 0 spiro atoms. The Morgan fingerprint density at radius 2 is 1.60 bits per heavy atom. The van der Waals surface area contributed by atoms with Gasteiger partial charge in [-0.2, -0.15) is 0 Å². The normalized spacial score (nSPS) is 11.4. The molecule has 0 unspecified atom stereocenters. The van der Waals surface area contributed by atoms with Gasteiger partial charge in [-0.15, -0.1) is 0 Å². The Kier molecular flexibility index (Phi) is 5.10. The van der Waals surface area contributed by atoms with Gasteiger partial charge in [0.1, 0.15) is 0 Å². The largest absolute Gasteiger partial charge is 0.0625 e. The van der Waals surface area contributed by atoms with Crippen LogP contribution in [0.4, 0.5) is 0 Å². The van der Waals surface area contributed by atoms with Crippen molar-refractivity contribution in [2.75, 3.05) is 0 Å². The second-order valence-corrected chi connectivity index (χ2v) is 6.24. The van der Waals surface area contributed by atoms with Gasteiger partial charge in [0, 0.05) is 3.57 Å². The predicted molar refractivity (Wildman–Crippen MR) is 76.2 cm³/mol. The molecule has 0 heterocycles. The number of benzene rings is 1. The van der Waals surface area contributed by atoms with Crippen LogP contribution in [0.25, 0.3) is 0 Å². The van der Waals surface area contributed by atoms with Crippen LogP contribution in [0.15, 0.2) is 18.2 Å². The molecule has 0 N–H and O–H groups in total. The first-order valence-corrected chi connectivity index (χ1v) is 6.84. The highest BCUT2D eigenvalue weighted by molar-refractivity contribution is 14.1. The summed E-state index contributed by atoms with van der Waals surface area (Å²) in [6.45, 7) is 9.17. The molecule has 1 rings (SSSR count). The summed E-state index contributed by atoms with van der Waals surface area (Å²) < 4.78 is 1.43. The van der Waals surface area contributed by atoms with Crippen molar-refractivity contribution >= 4 is 22.6 Å². The minimum Gasteiger partial charge on any atom is -0.0625 e. The minimum atomic E-state index is 0.742. The second-order valence-electron chi connectivity index (χ2n) is 5.07. The third-order valence-corrected chi connectivity index (χ3v) is 3.47. The third-order valence-electron chi connectivity index (χ3n) is 2.46. The van der Waals surface area contributed by atoms with Gasteiger partial charge in [-0.05, 0) is 64.5 Å². The maximum absolute atomic E-state index is 2.47. The van der Waals surface area contributed by atoms with Crippen LogP contribution in [0.1, 0.15) is 38.8 Å². The Hall–Kier alpha value is -0.0500. The van der Waals surface area contributed by atoms with E-state index in [0.29, 0.717) is 0 Å². The van der Waals surface area contributed by atoms with E-state index >= 15 is 0 Å². The summed E-state index contributed by atoms with van der Waals surface area (Å²) in [5.74, 6) is 1.49. The van der Waals surface area contributed by atoms with Gasteiger partial charge < -0.3 is 0 Å². The molecule has 0 aromatic heterocycles. The van der Waals surface area contributed by atoms with Crippen LogP contribution in [0.2, 0.25) is 0 Å². The van der Waals surface area contributed by atoms with E-state index in [0.717, 1.165) is 11.8 Å². The maximum atomic E-state index is 2.47. The first-order chi connectivity index (χ1) is 7.00. The van der Waals surface area contributed by atoms with E-state index in [4.69, 9.17) is 0 Å². The van der Waals surface area contributed by atoms with E-state index in [1.54, 1.807) is 11.1 Å². The van der Waals surface area contributed by atoms with Crippen LogP contribution in [-0.4, -0.2) is 0 Å². The van der Waals surface area contributed by atoms with Crippen molar-refractivity contribution in [3.05, 3.63) is 32.9 Å². The minimum absolute atomic E-state index is 0.742. The fraction of sp³-hybridized carbons (Fsp3) is 0.571. The molecule has 0 aliphatic heterocycles. The summed E-state index contributed by atoms with van der Waals surface area (Å²) in [6, 6.07) is 6.70. The van der Waals surface area contributed by atoms with Crippen LogP contribution in [0.5, 0.6) is 0 Å². The number of hydrogen-bond donors (Lipinski definition) is 0. The van der Waals surface area contributed by atoms with Crippen molar-refractivity contribution < 1.29 is 0 Å². The standard InChI is InChI=1S/C14H21I/c1-10(2)8-12-6-5-7-14(15)13(12)9-11(3)4/h5-7,10-11H,8-9H2,1-4H3. The molecule has 1 aromatic carbocycles. The molecule has 0 saturated heterocycles. The summed E-state index contributed by atoms with van der Waals surface area (Å²) in [5, 5.41) is 0. The summed E-state index contributed by atoms with van der Waals surface area (Å²) in [5.41, 5.74) is 3.12. The van der Waals surface area contributed by atoms with Crippen molar-refractivity contribution in [3.63, 3.8) is 0 Å². The number of halogens is 1. The molecule has 0 aliphatic rings. The summed E-state index contributed by atoms with van der Waals surface area (Å²) in [4.78, 5) is 0. The quantitative estimate of drug-likeness (QED) is 0.707. The maximum Gasteiger partial charge on any atom is 0.0165 e. The topological polar surface area (TPSA) is 0 Å². The van der Waals surface area contributed by atoms with Crippen LogP contribution in [0, 0.1) is 15.4 Å². The molecule has 0 radical (unpaired) electrons. The summed E-state index contributed by atoms with van der Waals surface area (Å²) >= 11 is 2.47. The summed E-state index contributed by atoms with van der Waals surface area (Å²) in [6.07, 6.45) is 2.42. The first kappa shape index (κ1) is 13.0. The second kappa shape index (κ2) is 5.88. The highest BCUT2D eigenvalue weighted by atomic mass is 127. The van der Waals surface area contributed by atoms with Gasteiger partial charge in [0.25, 0.3) is 0 Å². The smallest absolute Gasteiger partial charge is 0.0165 e. The van der Waals surface area contributed by atoms with Crippen LogP contribution < -0.4 is 0 Å². The van der Waals surface area contributed by atoms with Crippen molar-refractivity contribution in [1.29, 1.82) is 0 Å². The van der Waals surface area contributed by atoms with Crippen LogP contribution in [0.3, 0.4) is 0 Å². The molecule has 0 fully saturated rings. The Balaban J connectivity index is 2.97. The van der Waals surface area contributed by atoms with Gasteiger partial charge in [-0.1, -0.05) is 39.8 Å². The van der Waals surface area contributed by atoms with Crippen molar-refractivity contribution in [3.8, 4) is 0 Å². The molecular formula is C14H21I. The number of rotatable bonds is 4. The Morgan fingerprint density at radius 1 is 1.00 bits per heavy atom. The van der Waals surface area contributed by atoms with Gasteiger partial charge in [0.05, 0.1) is 0 Å². The average molecular weight is 316 g/mol. The lowest BCUT2D eigenvalue weighted by atomic mass is 9.93. The van der Waals surface area contributed by atoms with Gasteiger partial charge in [-0.3, -0.25) is 0 Å². The zero-order chi connectivity index (χ0) is 11.4. The molecule has 0 saturated carbocycles. The molecule has 15 heavy (non-hydrogen) atoms. The molecule has 0 nitrogen and oxygen atoms in total. The van der Waals surface area contributed by atoms with Gasteiger partial charge in [0.2, 0.25) is 0 Å². The Labute approximate surface area is 108 Å². The molecular weight excluding hydrogens is 295 g/mol. The average Bonchev–Trinajstić information content (AvgIpc) is 2.09. The monoisotopic (exact) mass is 316 g/mol. The van der Waals surface area contributed by atoms with E-state index in [1.807, 2.05) is 0 Å². The van der Waals surface area contributed by atoms with E-state index in [1.165, 1.54) is 16.4 Å². The molecule has 0 aliphatic carbocycles. The van der Waals surface area contributed by atoms with Gasteiger partial charge >= 0.3 is 0 Å². The van der Waals surface area contributed by atoms with Crippen molar-refractivity contribution in [2.45, 2.75) is 40.5 Å². The lowest BCUT2D eigenvalue weighted by Gasteiger charge is -2.15.